The zero-order valence-corrected chi connectivity index (χ0v) is 20.1. The molecule has 3 aromatic rings. The lowest BCUT2D eigenvalue weighted by molar-refractivity contribution is -0.274. The van der Waals surface area contributed by atoms with E-state index in [9.17, 15) is 31.5 Å². The van der Waals surface area contributed by atoms with Crippen LogP contribution in [0.5, 0.6) is 11.5 Å². The van der Waals surface area contributed by atoms with Gasteiger partial charge in [0.25, 0.3) is 0 Å². The molecule has 6 nitrogen and oxygen atoms in total. The van der Waals surface area contributed by atoms with Gasteiger partial charge >= 0.3 is 6.36 Å². The number of hydrogen-bond donors (Lipinski definition) is 2. The highest BCUT2D eigenvalue weighted by atomic mass is 32.2. The van der Waals surface area contributed by atoms with E-state index in [0.717, 1.165) is 16.7 Å². The maximum atomic E-state index is 12.3. The summed E-state index contributed by atoms with van der Waals surface area (Å²) in [6.45, 7) is 0. The summed E-state index contributed by atoms with van der Waals surface area (Å²) in [5.41, 5.74) is 1.90. The normalized spacial score (nSPS) is 11.8. The first kappa shape index (κ1) is 26.4. The number of phenols is 1. The third-order valence-corrected chi connectivity index (χ3v) is 6.88. The van der Waals surface area contributed by atoms with Crippen molar-refractivity contribution in [2.75, 3.05) is 17.3 Å². The summed E-state index contributed by atoms with van der Waals surface area (Å²) in [5.74, 6) is -0.257. The summed E-state index contributed by atoms with van der Waals surface area (Å²) in [4.78, 5) is 13.1. The van der Waals surface area contributed by atoms with Crippen LogP contribution < -0.4 is 10.1 Å². The van der Waals surface area contributed by atoms with Crippen molar-refractivity contribution < 1.29 is 36.2 Å². The van der Waals surface area contributed by atoms with E-state index in [1.54, 1.807) is 36.0 Å². The lowest BCUT2D eigenvalue weighted by Gasteiger charge is -2.09. The van der Waals surface area contributed by atoms with Crippen LogP contribution in [0.1, 0.15) is 11.1 Å². The van der Waals surface area contributed by atoms with Crippen LogP contribution in [0.25, 0.3) is 0 Å². The Bertz CT molecular complexity index is 1280. The number of anilines is 1. The van der Waals surface area contributed by atoms with Gasteiger partial charge in [0, 0.05) is 22.6 Å². The number of amides is 1. The molecule has 0 heterocycles. The number of rotatable bonds is 9. The SMILES string of the molecule is CS(=O)(=O)c1cc(CC(=O)Nc2ccc(SCCc3ccc(OC(F)(F)F)cc3)cc2)ccc1O. The minimum absolute atomic E-state index is 0.0634. The molecule has 0 aliphatic carbocycles. The van der Waals surface area contributed by atoms with Gasteiger partial charge in [-0.1, -0.05) is 18.2 Å². The zero-order chi connectivity index (χ0) is 25.6. The molecule has 0 aromatic heterocycles. The topological polar surface area (TPSA) is 92.7 Å². The molecule has 0 aliphatic rings. The molecule has 186 valence electrons. The number of aryl methyl sites for hydroxylation is 1. The summed E-state index contributed by atoms with van der Waals surface area (Å²) < 4.78 is 64.0. The summed E-state index contributed by atoms with van der Waals surface area (Å²) in [6, 6.07) is 16.9. The third-order valence-electron chi connectivity index (χ3n) is 4.74. The van der Waals surface area contributed by atoms with Gasteiger partial charge in [0.05, 0.1) is 6.42 Å². The predicted octanol–water partition coefficient (Wildman–Crippen LogP) is 5.21. The molecule has 0 radical (unpaired) electrons. The minimum atomic E-state index is -4.71. The van der Waals surface area contributed by atoms with Gasteiger partial charge in [-0.05, 0) is 66.1 Å². The smallest absolute Gasteiger partial charge is 0.507 e. The van der Waals surface area contributed by atoms with Crippen molar-refractivity contribution in [3.63, 3.8) is 0 Å². The third kappa shape index (κ3) is 8.52. The lowest BCUT2D eigenvalue weighted by atomic mass is 10.1. The van der Waals surface area contributed by atoms with Crippen molar-refractivity contribution in [3.8, 4) is 11.5 Å². The van der Waals surface area contributed by atoms with Crippen molar-refractivity contribution in [2.24, 2.45) is 0 Å². The second-order valence-corrected chi connectivity index (χ2v) is 10.8. The number of hydrogen-bond acceptors (Lipinski definition) is 6. The van der Waals surface area contributed by atoms with Crippen LogP contribution >= 0.6 is 11.8 Å². The first-order valence-corrected chi connectivity index (χ1v) is 13.2. The van der Waals surface area contributed by atoms with E-state index in [1.165, 1.54) is 30.3 Å². The molecule has 3 rings (SSSR count). The Balaban J connectivity index is 1.48. The summed E-state index contributed by atoms with van der Waals surface area (Å²) >= 11 is 1.56. The number of carbonyl (C=O) groups excluding carboxylic acids is 1. The summed E-state index contributed by atoms with van der Waals surface area (Å²) in [6.07, 6.45) is -3.14. The van der Waals surface area contributed by atoms with Crippen LogP contribution in [0, 0.1) is 0 Å². The second-order valence-electron chi connectivity index (χ2n) is 7.61. The van der Waals surface area contributed by atoms with Gasteiger partial charge in [-0.3, -0.25) is 4.79 Å². The number of alkyl halides is 3. The maximum absolute atomic E-state index is 12.3. The zero-order valence-electron chi connectivity index (χ0n) is 18.5. The molecule has 1 amide bonds. The Morgan fingerprint density at radius 1 is 1.00 bits per heavy atom. The lowest BCUT2D eigenvalue weighted by Crippen LogP contribution is -2.17. The number of carbonyl (C=O) groups is 1. The largest absolute Gasteiger partial charge is 0.573 e. The second kappa shape index (κ2) is 11.0. The predicted molar refractivity (Wildman–Crippen MR) is 128 cm³/mol. The Morgan fingerprint density at radius 2 is 1.63 bits per heavy atom. The van der Waals surface area contributed by atoms with E-state index in [4.69, 9.17) is 0 Å². The van der Waals surface area contributed by atoms with Crippen molar-refractivity contribution in [1.82, 2.24) is 0 Å². The molecule has 0 aliphatic heterocycles. The number of thioether (sulfide) groups is 1. The molecule has 0 unspecified atom stereocenters. The standard InChI is InChI=1S/C24H22F3NO5S2/c1-35(31,32)22-14-17(4-11-21(22)29)15-23(30)28-18-5-9-20(10-6-18)34-13-12-16-2-7-19(8-3-16)33-24(25,26)27/h2-11,14,29H,12-13,15H2,1H3,(H,28,30). The fraction of sp³-hybridized carbons (Fsp3) is 0.208. The molecular formula is C24H22F3NO5S2. The quantitative estimate of drug-likeness (QED) is 0.373. The fourth-order valence-corrected chi connectivity index (χ4v) is 4.85. The molecule has 11 heteroatoms. The number of ether oxygens (including phenoxy) is 1. The molecule has 0 spiro atoms. The van der Waals surface area contributed by atoms with Crippen LogP contribution in [0.3, 0.4) is 0 Å². The molecule has 0 atom stereocenters. The number of phenolic OH excluding ortho intramolecular Hbond substituents is 1. The van der Waals surface area contributed by atoms with E-state index in [2.05, 4.69) is 10.1 Å². The highest BCUT2D eigenvalue weighted by Crippen LogP contribution is 2.26. The first-order chi connectivity index (χ1) is 16.4. The van der Waals surface area contributed by atoms with Gasteiger partial charge in [0.2, 0.25) is 5.91 Å². The van der Waals surface area contributed by atoms with Gasteiger partial charge in [-0.25, -0.2) is 8.42 Å². The monoisotopic (exact) mass is 525 g/mol. The van der Waals surface area contributed by atoms with Crippen LogP contribution in [0.15, 0.2) is 76.5 Å². The first-order valence-electron chi connectivity index (χ1n) is 10.3. The Hall–Kier alpha value is -3.18. The average Bonchev–Trinajstić information content (AvgIpc) is 2.76. The van der Waals surface area contributed by atoms with Gasteiger partial charge in [0.15, 0.2) is 9.84 Å². The number of aromatic hydroxyl groups is 1. The number of benzene rings is 3. The van der Waals surface area contributed by atoms with E-state index in [1.807, 2.05) is 12.1 Å². The van der Waals surface area contributed by atoms with Crippen LogP contribution in [-0.2, 0) is 27.5 Å². The highest BCUT2D eigenvalue weighted by Gasteiger charge is 2.30. The van der Waals surface area contributed by atoms with Gasteiger partial charge in [-0.15, -0.1) is 24.9 Å². The molecule has 0 bridgehead atoms. The molecule has 0 saturated carbocycles. The average molecular weight is 526 g/mol. The Labute approximate surface area is 205 Å². The van der Waals surface area contributed by atoms with E-state index in [-0.39, 0.29) is 28.7 Å². The van der Waals surface area contributed by atoms with Gasteiger partial charge in [-0.2, -0.15) is 0 Å². The van der Waals surface area contributed by atoms with Gasteiger partial charge < -0.3 is 15.2 Å². The fourth-order valence-electron chi connectivity index (χ4n) is 3.14. The molecule has 3 aromatic carbocycles. The highest BCUT2D eigenvalue weighted by molar-refractivity contribution is 7.99. The van der Waals surface area contributed by atoms with Crippen molar-refractivity contribution in [2.45, 2.75) is 29.0 Å². The Kier molecular flexibility index (Phi) is 8.34. The van der Waals surface area contributed by atoms with E-state index < -0.39 is 16.2 Å². The number of halogens is 3. The molecular weight excluding hydrogens is 503 g/mol. The van der Waals surface area contributed by atoms with Crippen molar-refractivity contribution >= 4 is 33.2 Å². The van der Waals surface area contributed by atoms with E-state index in [0.29, 0.717) is 23.4 Å². The minimum Gasteiger partial charge on any atom is -0.507 e. The molecule has 35 heavy (non-hydrogen) atoms. The molecule has 2 N–H and O–H groups in total. The van der Waals surface area contributed by atoms with Crippen molar-refractivity contribution in [1.29, 1.82) is 0 Å². The molecule has 0 fully saturated rings. The van der Waals surface area contributed by atoms with E-state index >= 15 is 0 Å². The maximum Gasteiger partial charge on any atom is 0.573 e. The Morgan fingerprint density at radius 3 is 2.23 bits per heavy atom. The van der Waals surface area contributed by atoms with Crippen LogP contribution in [-0.4, -0.2) is 37.8 Å². The van der Waals surface area contributed by atoms with Crippen LogP contribution in [0.2, 0.25) is 0 Å². The van der Waals surface area contributed by atoms with Crippen LogP contribution in [0.4, 0.5) is 18.9 Å². The summed E-state index contributed by atoms with van der Waals surface area (Å²) in [7, 11) is -3.62. The summed E-state index contributed by atoms with van der Waals surface area (Å²) in [5, 5.41) is 12.5. The van der Waals surface area contributed by atoms with Gasteiger partial charge in [0.1, 0.15) is 16.4 Å². The van der Waals surface area contributed by atoms with Crippen molar-refractivity contribution in [3.05, 3.63) is 77.9 Å². The molecule has 0 saturated heterocycles. The number of sulfone groups is 1. The number of nitrogens with one attached hydrogen (secondary N) is 1.